The molecule has 2 N–H and O–H groups in total. The van der Waals surface area contributed by atoms with E-state index >= 15 is 0 Å². The first-order valence-corrected chi connectivity index (χ1v) is 10.2. The molecule has 0 atom stereocenters. The van der Waals surface area contributed by atoms with Crippen molar-refractivity contribution in [2.75, 3.05) is 7.11 Å². The van der Waals surface area contributed by atoms with Gasteiger partial charge in [-0.05, 0) is 55.5 Å². The Kier molecular flexibility index (Phi) is 6.42. The van der Waals surface area contributed by atoms with Crippen LogP contribution in [0.4, 0.5) is 0 Å². The van der Waals surface area contributed by atoms with Gasteiger partial charge < -0.3 is 15.0 Å². The van der Waals surface area contributed by atoms with Gasteiger partial charge in [0.1, 0.15) is 5.75 Å². The minimum Gasteiger partial charge on any atom is -0.496 e. The molecule has 4 heteroatoms. The number of hydrogen-bond donors (Lipinski definition) is 1. The zero-order valence-corrected chi connectivity index (χ0v) is 17.8. The molecule has 29 heavy (non-hydrogen) atoms. The Morgan fingerprint density at radius 1 is 1.10 bits per heavy atom. The average Bonchev–Trinajstić information content (AvgIpc) is 2.99. The van der Waals surface area contributed by atoms with Crippen LogP contribution in [0.5, 0.6) is 5.75 Å². The van der Waals surface area contributed by atoms with E-state index in [0.29, 0.717) is 5.56 Å². The molecule has 0 spiro atoms. The highest BCUT2D eigenvalue weighted by molar-refractivity contribution is 6.02. The van der Waals surface area contributed by atoms with Crippen molar-refractivity contribution < 1.29 is 9.53 Å². The summed E-state index contributed by atoms with van der Waals surface area (Å²) in [7, 11) is 1.67. The predicted molar refractivity (Wildman–Crippen MR) is 119 cm³/mol. The third-order valence-electron chi connectivity index (χ3n) is 5.51. The van der Waals surface area contributed by atoms with Crippen LogP contribution in [0, 0.1) is 13.8 Å². The summed E-state index contributed by atoms with van der Waals surface area (Å²) in [5, 5.41) is 0. The van der Waals surface area contributed by atoms with Crippen molar-refractivity contribution in [3.8, 4) is 16.9 Å². The van der Waals surface area contributed by atoms with Crippen LogP contribution < -0.4 is 10.5 Å². The van der Waals surface area contributed by atoms with Crippen LogP contribution in [0.1, 0.15) is 52.6 Å². The molecule has 1 heterocycles. The van der Waals surface area contributed by atoms with Gasteiger partial charge in [0.25, 0.3) is 5.91 Å². The summed E-state index contributed by atoms with van der Waals surface area (Å²) in [6.45, 7) is 6.93. The quantitative estimate of drug-likeness (QED) is 0.569. The molecule has 0 aliphatic heterocycles. The number of methoxy groups -OCH3 is 1. The second kappa shape index (κ2) is 8.99. The van der Waals surface area contributed by atoms with Gasteiger partial charge in [-0.15, -0.1) is 0 Å². The molecular formula is C25H30N2O2. The Morgan fingerprint density at radius 2 is 1.83 bits per heavy atom. The Bertz CT molecular complexity index is 1000. The van der Waals surface area contributed by atoms with Crippen LogP contribution >= 0.6 is 0 Å². The lowest BCUT2D eigenvalue weighted by atomic mass is 9.96. The zero-order chi connectivity index (χ0) is 21.0. The maximum atomic E-state index is 12.5. The van der Waals surface area contributed by atoms with Gasteiger partial charge in [-0.3, -0.25) is 4.79 Å². The highest BCUT2D eigenvalue weighted by atomic mass is 16.5. The molecule has 4 nitrogen and oxygen atoms in total. The lowest BCUT2D eigenvalue weighted by Crippen LogP contribution is -2.13. The van der Waals surface area contributed by atoms with E-state index in [2.05, 4.69) is 29.7 Å². The van der Waals surface area contributed by atoms with E-state index in [1.807, 2.05) is 44.2 Å². The summed E-state index contributed by atoms with van der Waals surface area (Å²) in [6, 6.07) is 16.4. The van der Waals surface area contributed by atoms with Gasteiger partial charge in [0.05, 0.1) is 12.7 Å². The summed E-state index contributed by atoms with van der Waals surface area (Å²) < 4.78 is 7.68. The number of carbonyl (C=O) groups excluding carboxylic acids is 1. The molecule has 1 aromatic heterocycles. The van der Waals surface area contributed by atoms with Crippen molar-refractivity contribution in [2.24, 2.45) is 5.73 Å². The van der Waals surface area contributed by atoms with E-state index in [0.717, 1.165) is 53.9 Å². The second-order valence-corrected chi connectivity index (χ2v) is 7.51. The number of hydrogen-bond acceptors (Lipinski definition) is 2. The third-order valence-corrected chi connectivity index (χ3v) is 5.51. The Hall–Kier alpha value is -3.01. The molecule has 0 radical (unpaired) electrons. The van der Waals surface area contributed by atoms with Crippen LogP contribution in [0.25, 0.3) is 11.1 Å². The fourth-order valence-electron chi connectivity index (χ4n) is 4.03. The highest BCUT2D eigenvalue weighted by Gasteiger charge is 2.25. The molecule has 3 aromatic rings. The van der Waals surface area contributed by atoms with Crippen LogP contribution in [0.2, 0.25) is 0 Å². The molecule has 3 rings (SSSR count). The lowest BCUT2D eigenvalue weighted by molar-refractivity contribution is 0.1000. The Balaban J connectivity index is 2.23. The first-order chi connectivity index (χ1) is 14.0. The van der Waals surface area contributed by atoms with Gasteiger partial charge in [0.2, 0.25) is 0 Å². The third kappa shape index (κ3) is 4.21. The van der Waals surface area contributed by atoms with Crippen molar-refractivity contribution >= 4 is 5.91 Å². The Morgan fingerprint density at radius 3 is 2.41 bits per heavy atom. The molecule has 0 unspecified atom stereocenters. The number of nitrogens with two attached hydrogens (primary N) is 1. The van der Waals surface area contributed by atoms with Crippen LogP contribution in [-0.4, -0.2) is 17.6 Å². The standard InChI is InChI=1S/C25H30N2O2/c1-5-6-12-21-24(20-13-14-22(29-4)17(2)15-20)23(25(26)28)18(3)27(21)16-19-10-8-7-9-11-19/h7-11,13-15H,5-6,12,16H2,1-4H3,(H2,26,28). The van der Waals surface area contributed by atoms with Crippen molar-refractivity contribution in [3.63, 3.8) is 0 Å². The molecule has 0 aliphatic rings. The summed E-state index contributed by atoms with van der Waals surface area (Å²) >= 11 is 0. The topological polar surface area (TPSA) is 57.2 Å². The first-order valence-electron chi connectivity index (χ1n) is 10.2. The van der Waals surface area contributed by atoms with Gasteiger partial charge in [0, 0.05) is 23.5 Å². The normalized spacial score (nSPS) is 10.9. The van der Waals surface area contributed by atoms with E-state index < -0.39 is 0 Å². The summed E-state index contributed by atoms with van der Waals surface area (Å²) in [4.78, 5) is 12.5. The van der Waals surface area contributed by atoms with Crippen LogP contribution in [0.3, 0.4) is 0 Å². The SMILES string of the molecule is CCCCc1c(-c2ccc(OC)c(C)c2)c(C(N)=O)c(C)n1Cc1ccccc1. The number of aromatic nitrogens is 1. The first kappa shape index (κ1) is 20.7. The van der Waals surface area contributed by atoms with Crippen LogP contribution in [-0.2, 0) is 13.0 Å². The number of benzene rings is 2. The van der Waals surface area contributed by atoms with Gasteiger partial charge >= 0.3 is 0 Å². The molecule has 1 amide bonds. The molecule has 0 saturated carbocycles. The van der Waals surface area contributed by atoms with E-state index in [1.165, 1.54) is 11.3 Å². The van der Waals surface area contributed by atoms with Crippen molar-refractivity contribution in [3.05, 3.63) is 76.6 Å². The highest BCUT2D eigenvalue weighted by Crippen LogP contribution is 2.36. The molecule has 152 valence electrons. The summed E-state index contributed by atoms with van der Waals surface area (Å²) in [5.41, 5.74) is 12.8. The predicted octanol–water partition coefficient (Wildman–Crippen LogP) is 5.27. The number of primary amides is 1. The number of nitrogens with zero attached hydrogens (tertiary/aromatic N) is 1. The van der Waals surface area contributed by atoms with Gasteiger partial charge in [-0.25, -0.2) is 0 Å². The molecule has 0 fully saturated rings. The molecular weight excluding hydrogens is 360 g/mol. The number of carbonyl (C=O) groups is 1. The molecule has 0 aliphatic carbocycles. The molecule has 0 bridgehead atoms. The van der Waals surface area contributed by atoms with Gasteiger partial charge in [-0.1, -0.05) is 49.7 Å². The van der Waals surface area contributed by atoms with Gasteiger partial charge in [0.15, 0.2) is 0 Å². The fourth-order valence-corrected chi connectivity index (χ4v) is 4.03. The smallest absolute Gasteiger partial charge is 0.251 e. The average molecular weight is 391 g/mol. The summed E-state index contributed by atoms with van der Waals surface area (Å²) in [5.74, 6) is 0.459. The molecule has 2 aromatic carbocycles. The number of amides is 1. The minimum atomic E-state index is -0.379. The number of unbranched alkanes of at least 4 members (excludes halogenated alkanes) is 1. The Labute approximate surface area is 173 Å². The largest absolute Gasteiger partial charge is 0.496 e. The monoisotopic (exact) mass is 390 g/mol. The van der Waals surface area contributed by atoms with Crippen molar-refractivity contribution in [1.82, 2.24) is 4.57 Å². The van der Waals surface area contributed by atoms with E-state index in [4.69, 9.17) is 10.5 Å². The zero-order valence-electron chi connectivity index (χ0n) is 17.8. The lowest BCUT2D eigenvalue weighted by Gasteiger charge is -2.14. The van der Waals surface area contributed by atoms with Crippen molar-refractivity contribution in [1.29, 1.82) is 0 Å². The summed E-state index contributed by atoms with van der Waals surface area (Å²) in [6.07, 6.45) is 3.04. The fraction of sp³-hybridized carbons (Fsp3) is 0.320. The van der Waals surface area contributed by atoms with Crippen molar-refractivity contribution in [2.45, 2.75) is 46.6 Å². The maximum absolute atomic E-state index is 12.5. The number of aryl methyl sites for hydroxylation is 1. The minimum absolute atomic E-state index is 0.379. The molecule has 0 saturated heterocycles. The van der Waals surface area contributed by atoms with Gasteiger partial charge in [-0.2, -0.15) is 0 Å². The van der Waals surface area contributed by atoms with E-state index in [1.54, 1.807) is 7.11 Å². The maximum Gasteiger partial charge on any atom is 0.251 e. The second-order valence-electron chi connectivity index (χ2n) is 7.51. The van der Waals surface area contributed by atoms with E-state index in [9.17, 15) is 4.79 Å². The number of ether oxygens (including phenoxy) is 1. The van der Waals surface area contributed by atoms with Crippen LogP contribution in [0.15, 0.2) is 48.5 Å². The number of rotatable bonds is 8. The van der Waals surface area contributed by atoms with E-state index in [-0.39, 0.29) is 5.91 Å².